The molecule has 0 saturated carbocycles. The van der Waals surface area contributed by atoms with Crippen molar-refractivity contribution in [2.45, 2.75) is 52.7 Å². The molecule has 0 aliphatic carbocycles. The minimum Gasteiger partial charge on any atom is -0.313 e. The molecule has 4 heteroatoms. The minimum atomic E-state index is 0.642. The molecule has 1 aliphatic rings. The van der Waals surface area contributed by atoms with E-state index in [4.69, 9.17) is 0 Å². The molecule has 1 unspecified atom stereocenters. The number of hydrogen-bond donors (Lipinski definition) is 1. The van der Waals surface area contributed by atoms with Crippen LogP contribution in [0.1, 0.15) is 39.2 Å². The third-order valence-electron chi connectivity index (χ3n) is 3.74. The lowest BCUT2D eigenvalue weighted by Crippen LogP contribution is -2.38. The van der Waals surface area contributed by atoms with Crippen molar-refractivity contribution >= 4 is 0 Å². The van der Waals surface area contributed by atoms with Crippen molar-refractivity contribution in [2.24, 2.45) is 5.92 Å². The lowest BCUT2D eigenvalue weighted by atomic mass is 10.0. The van der Waals surface area contributed by atoms with Crippen molar-refractivity contribution in [1.29, 1.82) is 0 Å². The van der Waals surface area contributed by atoms with Gasteiger partial charge in [-0.05, 0) is 38.8 Å². The first-order valence-corrected chi connectivity index (χ1v) is 7.64. The van der Waals surface area contributed by atoms with Crippen molar-refractivity contribution in [1.82, 2.24) is 20.0 Å². The molecule has 1 N–H and O–H groups in total. The quantitative estimate of drug-likeness (QED) is 0.884. The van der Waals surface area contributed by atoms with E-state index in [1.54, 1.807) is 0 Å². The Morgan fingerprint density at radius 2 is 2.32 bits per heavy atom. The lowest BCUT2D eigenvalue weighted by Gasteiger charge is -2.25. The Balaban J connectivity index is 1.90. The van der Waals surface area contributed by atoms with Crippen LogP contribution in [0, 0.1) is 5.92 Å². The SMILES string of the molecule is CCn1cc(CN2CCCNC(CC(C)C)C2)cn1. The fraction of sp³-hybridized carbons (Fsp3) is 0.800. The third kappa shape index (κ3) is 4.62. The van der Waals surface area contributed by atoms with E-state index in [2.05, 4.69) is 42.3 Å². The van der Waals surface area contributed by atoms with Gasteiger partial charge in [-0.3, -0.25) is 9.58 Å². The van der Waals surface area contributed by atoms with Crippen LogP contribution in [0.2, 0.25) is 0 Å². The van der Waals surface area contributed by atoms with Crippen molar-refractivity contribution in [3.8, 4) is 0 Å². The van der Waals surface area contributed by atoms with Crippen LogP contribution in [0.5, 0.6) is 0 Å². The van der Waals surface area contributed by atoms with Crippen molar-refractivity contribution in [3.63, 3.8) is 0 Å². The molecule has 1 atom stereocenters. The molecule has 4 nitrogen and oxygen atoms in total. The van der Waals surface area contributed by atoms with Gasteiger partial charge in [0.05, 0.1) is 6.20 Å². The van der Waals surface area contributed by atoms with Gasteiger partial charge in [0.15, 0.2) is 0 Å². The summed E-state index contributed by atoms with van der Waals surface area (Å²) < 4.78 is 2.01. The van der Waals surface area contributed by atoms with Gasteiger partial charge in [0.2, 0.25) is 0 Å². The monoisotopic (exact) mass is 264 g/mol. The molecule has 2 heterocycles. The highest BCUT2D eigenvalue weighted by Gasteiger charge is 2.18. The summed E-state index contributed by atoms with van der Waals surface area (Å²) in [5.74, 6) is 0.764. The summed E-state index contributed by atoms with van der Waals surface area (Å²) in [7, 11) is 0. The number of nitrogens with one attached hydrogen (secondary N) is 1. The van der Waals surface area contributed by atoms with E-state index in [0.29, 0.717) is 6.04 Å². The van der Waals surface area contributed by atoms with Crippen LogP contribution in [-0.4, -0.2) is 40.4 Å². The number of aromatic nitrogens is 2. The topological polar surface area (TPSA) is 33.1 Å². The zero-order valence-corrected chi connectivity index (χ0v) is 12.6. The standard InChI is InChI=1S/C15H28N4/c1-4-19-11-14(9-17-19)10-18-7-5-6-16-15(12-18)8-13(2)3/h9,11,13,15-16H,4-8,10,12H2,1-3H3. The van der Waals surface area contributed by atoms with E-state index < -0.39 is 0 Å². The number of aryl methyl sites for hydroxylation is 1. The van der Waals surface area contributed by atoms with Gasteiger partial charge in [0.25, 0.3) is 0 Å². The highest BCUT2D eigenvalue weighted by Crippen LogP contribution is 2.12. The molecule has 1 aromatic rings. The summed E-state index contributed by atoms with van der Waals surface area (Å²) in [5, 5.41) is 8.05. The summed E-state index contributed by atoms with van der Waals surface area (Å²) in [4.78, 5) is 2.57. The normalized spacial score (nSPS) is 21.8. The lowest BCUT2D eigenvalue weighted by molar-refractivity contribution is 0.247. The van der Waals surface area contributed by atoms with Crippen LogP contribution >= 0.6 is 0 Å². The zero-order valence-electron chi connectivity index (χ0n) is 12.6. The first-order chi connectivity index (χ1) is 9.17. The Labute approximate surface area is 117 Å². The summed E-state index contributed by atoms with van der Waals surface area (Å²) in [6.07, 6.45) is 6.70. The Hall–Kier alpha value is -0.870. The maximum absolute atomic E-state index is 4.37. The van der Waals surface area contributed by atoms with Crippen molar-refractivity contribution in [3.05, 3.63) is 18.0 Å². The first kappa shape index (κ1) is 14.5. The van der Waals surface area contributed by atoms with Crippen LogP contribution in [0.4, 0.5) is 0 Å². The molecule has 1 saturated heterocycles. The van der Waals surface area contributed by atoms with Crippen LogP contribution < -0.4 is 5.32 Å². The highest BCUT2D eigenvalue weighted by atomic mass is 15.3. The van der Waals surface area contributed by atoms with Crippen molar-refractivity contribution < 1.29 is 0 Å². The average Bonchev–Trinajstić information content (AvgIpc) is 2.70. The largest absolute Gasteiger partial charge is 0.313 e. The number of hydrogen-bond acceptors (Lipinski definition) is 3. The molecule has 0 aromatic carbocycles. The van der Waals surface area contributed by atoms with Crippen LogP contribution in [-0.2, 0) is 13.1 Å². The smallest absolute Gasteiger partial charge is 0.0534 e. The fourth-order valence-electron chi connectivity index (χ4n) is 2.87. The molecule has 2 rings (SSSR count). The van der Waals surface area contributed by atoms with Crippen LogP contribution in [0.3, 0.4) is 0 Å². The highest BCUT2D eigenvalue weighted by molar-refractivity contribution is 5.04. The molecule has 0 spiro atoms. The van der Waals surface area contributed by atoms with Gasteiger partial charge in [0, 0.05) is 37.4 Å². The molecular weight excluding hydrogens is 236 g/mol. The summed E-state index contributed by atoms with van der Waals surface area (Å²) in [5.41, 5.74) is 1.34. The van der Waals surface area contributed by atoms with Crippen LogP contribution in [0.15, 0.2) is 12.4 Å². The second-order valence-corrected chi connectivity index (χ2v) is 6.07. The van der Waals surface area contributed by atoms with Crippen LogP contribution in [0.25, 0.3) is 0 Å². The van der Waals surface area contributed by atoms with Gasteiger partial charge < -0.3 is 5.32 Å². The van der Waals surface area contributed by atoms with E-state index in [9.17, 15) is 0 Å². The number of rotatable bonds is 5. The molecule has 108 valence electrons. The first-order valence-electron chi connectivity index (χ1n) is 7.64. The third-order valence-corrected chi connectivity index (χ3v) is 3.74. The Morgan fingerprint density at radius 3 is 3.00 bits per heavy atom. The molecule has 0 radical (unpaired) electrons. The fourth-order valence-corrected chi connectivity index (χ4v) is 2.87. The molecule has 0 amide bonds. The van der Waals surface area contributed by atoms with Gasteiger partial charge in [-0.15, -0.1) is 0 Å². The van der Waals surface area contributed by atoms with E-state index >= 15 is 0 Å². The maximum atomic E-state index is 4.37. The second-order valence-electron chi connectivity index (χ2n) is 6.07. The molecule has 1 aliphatic heterocycles. The second kappa shape index (κ2) is 7.06. The summed E-state index contributed by atoms with van der Waals surface area (Å²) >= 11 is 0. The van der Waals surface area contributed by atoms with E-state index in [1.165, 1.54) is 24.9 Å². The Kier molecular flexibility index (Phi) is 5.40. The zero-order chi connectivity index (χ0) is 13.7. The van der Waals surface area contributed by atoms with Gasteiger partial charge in [-0.2, -0.15) is 5.10 Å². The van der Waals surface area contributed by atoms with Gasteiger partial charge in [-0.25, -0.2) is 0 Å². The molecule has 19 heavy (non-hydrogen) atoms. The Morgan fingerprint density at radius 1 is 1.47 bits per heavy atom. The van der Waals surface area contributed by atoms with E-state index in [0.717, 1.165) is 32.1 Å². The summed E-state index contributed by atoms with van der Waals surface area (Å²) in [6, 6.07) is 0.642. The van der Waals surface area contributed by atoms with Gasteiger partial charge in [0.1, 0.15) is 0 Å². The molecular formula is C15H28N4. The Bertz CT molecular complexity index is 372. The van der Waals surface area contributed by atoms with Gasteiger partial charge in [-0.1, -0.05) is 13.8 Å². The predicted octanol–water partition coefficient (Wildman–Crippen LogP) is 2.11. The van der Waals surface area contributed by atoms with E-state index in [-0.39, 0.29) is 0 Å². The van der Waals surface area contributed by atoms with Gasteiger partial charge >= 0.3 is 0 Å². The average molecular weight is 264 g/mol. The predicted molar refractivity (Wildman–Crippen MR) is 79.0 cm³/mol. The molecule has 1 fully saturated rings. The van der Waals surface area contributed by atoms with Crippen molar-refractivity contribution in [2.75, 3.05) is 19.6 Å². The minimum absolute atomic E-state index is 0.642. The van der Waals surface area contributed by atoms with E-state index in [1.807, 2.05) is 10.9 Å². The molecule has 1 aromatic heterocycles. The maximum Gasteiger partial charge on any atom is 0.0534 e. The molecule has 0 bridgehead atoms. The number of nitrogens with zero attached hydrogens (tertiary/aromatic N) is 3. The summed E-state index contributed by atoms with van der Waals surface area (Å²) in [6.45, 7) is 12.2.